The Balaban J connectivity index is 1.75. The Kier molecular flexibility index (Phi) is 4.48. The van der Waals surface area contributed by atoms with Gasteiger partial charge in [-0.3, -0.25) is 4.79 Å². The van der Waals surface area contributed by atoms with E-state index in [9.17, 15) is 4.79 Å². The summed E-state index contributed by atoms with van der Waals surface area (Å²) in [6.07, 6.45) is 0.727. The molecule has 1 aromatic heterocycles. The van der Waals surface area contributed by atoms with Crippen LogP contribution in [0.15, 0.2) is 66.9 Å². The molecule has 138 valence electrons. The number of para-hydroxylation sites is 1. The lowest BCUT2D eigenvalue weighted by Crippen LogP contribution is -2.46. The van der Waals surface area contributed by atoms with Crippen molar-refractivity contribution < 1.29 is 9.53 Å². The SMILES string of the molecule is C=C(OCC)C1Cc2ccccc2CN1C(=O)c1cc2ccccc2n1C. The fraction of sp³-hybridized carbons (Fsp3) is 0.261. The number of carbonyl (C=O) groups is 1. The molecule has 3 aromatic rings. The van der Waals surface area contributed by atoms with Crippen molar-refractivity contribution in [2.24, 2.45) is 7.05 Å². The summed E-state index contributed by atoms with van der Waals surface area (Å²) in [7, 11) is 1.94. The van der Waals surface area contributed by atoms with Crippen LogP contribution in [0.1, 0.15) is 28.5 Å². The maximum Gasteiger partial charge on any atom is 0.271 e. The second-order valence-corrected chi connectivity index (χ2v) is 6.97. The molecule has 0 bridgehead atoms. The molecule has 1 amide bonds. The minimum absolute atomic E-state index is 0.00839. The maximum atomic E-state index is 13.5. The van der Waals surface area contributed by atoms with E-state index in [1.807, 2.05) is 65.9 Å². The molecule has 4 rings (SSSR count). The van der Waals surface area contributed by atoms with Gasteiger partial charge in [0.2, 0.25) is 0 Å². The highest BCUT2D eigenvalue weighted by Crippen LogP contribution is 2.29. The fourth-order valence-electron chi connectivity index (χ4n) is 3.95. The Bertz CT molecular complexity index is 1020. The Morgan fingerprint density at radius 3 is 2.59 bits per heavy atom. The first-order chi connectivity index (χ1) is 13.1. The minimum atomic E-state index is -0.162. The Morgan fingerprint density at radius 1 is 1.15 bits per heavy atom. The molecule has 0 N–H and O–H groups in total. The summed E-state index contributed by atoms with van der Waals surface area (Å²) in [5.74, 6) is 0.660. The van der Waals surface area contributed by atoms with Crippen molar-refractivity contribution >= 4 is 16.8 Å². The third-order valence-electron chi connectivity index (χ3n) is 5.38. The number of aromatic nitrogens is 1. The third kappa shape index (κ3) is 3.01. The average molecular weight is 360 g/mol. The third-order valence-corrected chi connectivity index (χ3v) is 5.38. The number of ether oxygens (including phenoxy) is 1. The monoisotopic (exact) mass is 360 g/mol. The molecule has 0 spiro atoms. The topological polar surface area (TPSA) is 34.5 Å². The van der Waals surface area contributed by atoms with Gasteiger partial charge in [0, 0.05) is 30.9 Å². The first kappa shape index (κ1) is 17.4. The predicted octanol–water partition coefficient (Wildman–Crippen LogP) is 4.30. The molecular formula is C23H24N2O2. The summed E-state index contributed by atoms with van der Waals surface area (Å²) in [4.78, 5) is 15.4. The molecule has 2 aromatic carbocycles. The molecule has 4 heteroatoms. The summed E-state index contributed by atoms with van der Waals surface area (Å²) in [5.41, 5.74) is 4.18. The molecule has 2 heterocycles. The quantitative estimate of drug-likeness (QED) is 0.650. The molecular weight excluding hydrogens is 336 g/mol. The summed E-state index contributed by atoms with van der Waals surface area (Å²) < 4.78 is 7.68. The van der Waals surface area contributed by atoms with E-state index in [2.05, 4.69) is 18.7 Å². The van der Waals surface area contributed by atoms with Gasteiger partial charge in [0.1, 0.15) is 11.5 Å². The molecule has 1 unspecified atom stereocenters. The maximum absolute atomic E-state index is 13.5. The van der Waals surface area contributed by atoms with Crippen LogP contribution in [-0.4, -0.2) is 28.0 Å². The average Bonchev–Trinajstić information content (AvgIpc) is 3.03. The van der Waals surface area contributed by atoms with Crippen LogP contribution in [0.5, 0.6) is 0 Å². The van der Waals surface area contributed by atoms with Crippen LogP contribution < -0.4 is 0 Å². The summed E-state index contributed by atoms with van der Waals surface area (Å²) in [5, 5.41) is 1.07. The van der Waals surface area contributed by atoms with Crippen molar-refractivity contribution in [1.82, 2.24) is 9.47 Å². The van der Waals surface area contributed by atoms with Gasteiger partial charge in [-0.15, -0.1) is 0 Å². The van der Waals surface area contributed by atoms with Gasteiger partial charge in [0.15, 0.2) is 0 Å². The van der Waals surface area contributed by atoms with E-state index in [-0.39, 0.29) is 11.9 Å². The van der Waals surface area contributed by atoms with Crippen molar-refractivity contribution in [3.63, 3.8) is 0 Å². The molecule has 4 nitrogen and oxygen atoms in total. The van der Waals surface area contributed by atoms with E-state index in [1.54, 1.807) is 0 Å². The zero-order chi connectivity index (χ0) is 19.0. The Hall–Kier alpha value is -3.01. The summed E-state index contributed by atoms with van der Waals surface area (Å²) >= 11 is 0. The van der Waals surface area contributed by atoms with E-state index in [4.69, 9.17) is 4.74 Å². The van der Waals surface area contributed by atoms with Crippen LogP contribution in [0, 0.1) is 0 Å². The smallest absolute Gasteiger partial charge is 0.271 e. The normalized spacial score (nSPS) is 16.2. The van der Waals surface area contributed by atoms with Gasteiger partial charge in [0.05, 0.1) is 12.6 Å². The second kappa shape index (κ2) is 6.95. The zero-order valence-corrected chi connectivity index (χ0v) is 15.8. The van der Waals surface area contributed by atoms with Crippen LogP contribution in [0.3, 0.4) is 0 Å². The number of rotatable bonds is 4. The highest BCUT2D eigenvalue weighted by molar-refractivity contribution is 5.99. The van der Waals surface area contributed by atoms with Crippen LogP contribution in [0.25, 0.3) is 10.9 Å². The number of carbonyl (C=O) groups excluding carboxylic acids is 1. The molecule has 0 aliphatic carbocycles. The van der Waals surface area contributed by atoms with E-state index >= 15 is 0 Å². The zero-order valence-electron chi connectivity index (χ0n) is 15.8. The van der Waals surface area contributed by atoms with E-state index < -0.39 is 0 Å². The molecule has 0 saturated heterocycles. The lowest BCUT2D eigenvalue weighted by molar-refractivity contribution is 0.0579. The predicted molar refractivity (Wildman–Crippen MR) is 107 cm³/mol. The van der Waals surface area contributed by atoms with E-state index in [1.165, 1.54) is 11.1 Å². The molecule has 0 radical (unpaired) electrons. The molecule has 27 heavy (non-hydrogen) atoms. The first-order valence-corrected chi connectivity index (χ1v) is 9.34. The number of aryl methyl sites for hydroxylation is 1. The number of hydrogen-bond donors (Lipinski definition) is 0. The van der Waals surface area contributed by atoms with Crippen LogP contribution >= 0.6 is 0 Å². The lowest BCUT2D eigenvalue weighted by Gasteiger charge is -2.37. The standard InChI is InChI=1S/C23H24N2O2/c1-4-27-16(2)21-13-17-9-5-6-11-19(17)15-25(21)23(26)22-14-18-10-7-8-12-20(18)24(22)3/h5-12,14,21H,2,4,13,15H2,1,3H3. The van der Waals surface area contributed by atoms with Gasteiger partial charge < -0.3 is 14.2 Å². The van der Waals surface area contributed by atoms with Gasteiger partial charge >= 0.3 is 0 Å². The van der Waals surface area contributed by atoms with Crippen LogP contribution in [-0.2, 0) is 24.8 Å². The van der Waals surface area contributed by atoms with Crippen LogP contribution in [0.4, 0.5) is 0 Å². The Labute approximate surface area is 159 Å². The van der Waals surface area contributed by atoms with Gasteiger partial charge in [-0.1, -0.05) is 49.0 Å². The second-order valence-electron chi connectivity index (χ2n) is 6.97. The largest absolute Gasteiger partial charge is 0.497 e. The highest BCUT2D eigenvalue weighted by atomic mass is 16.5. The Morgan fingerprint density at radius 2 is 1.85 bits per heavy atom. The molecule has 1 aliphatic heterocycles. The van der Waals surface area contributed by atoms with Crippen molar-refractivity contribution in [3.8, 4) is 0 Å². The summed E-state index contributed by atoms with van der Waals surface area (Å²) in [6.45, 7) is 7.16. The van der Waals surface area contributed by atoms with Gasteiger partial charge in [0.25, 0.3) is 5.91 Å². The van der Waals surface area contributed by atoms with Gasteiger partial charge in [-0.2, -0.15) is 0 Å². The molecule has 1 aliphatic rings. The summed E-state index contributed by atoms with van der Waals surface area (Å²) in [6, 6.07) is 18.2. The molecule has 1 atom stereocenters. The van der Waals surface area contributed by atoms with Crippen molar-refractivity contribution in [2.45, 2.75) is 25.9 Å². The fourth-order valence-corrected chi connectivity index (χ4v) is 3.95. The van der Waals surface area contributed by atoms with E-state index in [0.29, 0.717) is 24.6 Å². The van der Waals surface area contributed by atoms with Gasteiger partial charge in [-0.25, -0.2) is 0 Å². The molecule has 0 saturated carbocycles. The highest BCUT2D eigenvalue weighted by Gasteiger charge is 2.34. The van der Waals surface area contributed by atoms with Crippen LogP contribution in [0.2, 0.25) is 0 Å². The van der Waals surface area contributed by atoms with Crippen molar-refractivity contribution in [1.29, 1.82) is 0 Å². The number of fused-ring (bicyclic) bond motifs is 2. The van der Waals surface area contributed by atoms with Crippen molar-refractivity contribution in [2.75, 3.05) is 6.61 Å². The molecule has 0 fully saturated rings. The van der Waals surface area contributed by atoms with E-state index in [0.717, 1.165) is 17.3 Å². The number of hydrogen-bond acceptors (Lipinski definition) is 2. The minimum Gasteiger partial charge on any atom is -0.497 e. The first-order valence-electron chi connectivity index (χ1n) is 9.34. The number of benzene rings is 2. The van der Waals surface area contributed by atoms with Crippen molar-refractivity contribution in [3.05, 3.63) is 83.8 Å². The lowest BCUT2D eigenvalue weighted by atomic mass is 9.93. The number of amides is 1. The van der Waals surface area contributed by atoms with Gasteiger partial charge in [-0.05, 0) is 30.2 Å². The number of nitrogens with zero attached hydrogens (tertiary/aromatic N) is 2.